The number of ketones is 1. The zero-order chi connectivity index (χ0) is 19.1. The molecule has 0 aliphatic carbocycles. The van der Waals surface area contributed by atoms with Crippen LogP contribution in [0.4, 0.5) is 11.5 Å². The summed E-state index contributed by atoms with van der Waals surface area (Å²) in [6.45, 7) is 0. The van der Waals surface area contributed by atoms with Crippen molar-refractivity contribution in [3.8, 4) is 6.07 Å². The van der Waals surface area contributed by atoms with Crippen LogP contribution in [0, 0.1) is 21.4 Å². The van der Waals surface area contributed by atoms with Crippen molar-refractivity contribution in [3.05, 3.63) is 81.4 Å². The van der Waals surface area contributed by atoms with E-state index < -0.39 is 10.7 Å². The van der Waals surface area contributed by atoms with Crippen LogP contribution in [0.5, 0.6) is 0 Å². The number of benzene rings is 2. The number of nitro benzene ring substituents is 1. The molecule has 27 heavy (non-hydrogen) atoms. The largest absolute Gasteiger partial charge is 0.384 e. The molecule has 0 unspecified atom stereocenters. The number of nitro groups is 1. The smallest absolute Gasteiger partial charge is 0.269 e. The van der Waals surface area contributed by atoms with Crippen LogP contribution in [0.1, 0.15) is 21.5 Å². The normalized spacial score (nSPS) is 10.8. The number of aromatic nitrogens is 2. The highest BCUT2D eigenvalue weighted by Gasteiger charge is 2.21. The molecule has 2 N–H and O–H groups in total. The summed E-state index contributed by atoms with van der Waals surface area (Å²) in [4.78, 5) is 27.8. The van der Waals surface area contributed by atoms with E-state index >= 15 is 0 Å². The summed E-state index contributed by atoms with van der Waals surface area (Å²) < 4.78 is 1.58. The fourth-order valence-corrected chi connectivity index (χ4v) is 3.00. The van der Waals surface area contributed by atoms with Crippen LogP contribution in [0.2, 0.25) is 0 Å². The molecule has 0 aliphatic rings. The van der Waals surface area contributed by atoms with Gasteiger partial charge >= 0.3 is 0 Å². The van der Waals surface area contributed by atoms with Gasteiger partial charge in [-0.2, -0.15) is 5.26 Å². The fourth-order valence-electron chi connectivity index (χ4n) is 3.00. The lowest BCUT2D eigenvalue weighted by atomic mass is 10.0. The highest BCUT2D eigenvalue weighted by Crippen LogP contribution is 2.27. The van der Waals surface area contributed by atoms with Crippen molar-refractivity contribution in [3.63, 3.8) is 0 Å². The molecule has 0 bridgehead atoms. The number of anilines is 1. The van der Waals surface area contributed by atoms with Crippen molar-refractivity contribution in [2.24, 2.45) is 0 Å². The van der Waals surface area contributed by atoms with Crippen molar-refractivity contribution in [1.82, 2.24) is 9.38 Å². The van der Waals surface area contributed by atoms with E-state index in [-0.39, 0.29) is 28.2 Å². The number of pyridine rings is 1. The summed E-state index contributed by atoms with van der Waals surface area (Å²) in [5.74, 6) is -0.205. The minimum atomic E-state index is -0.537. The van der Waals surface area contributed by atoms with Crippen molar-refractivity contribution in [2.45, 2.75) is 0 Å². The van der Waals surface area contributed by atoms with E-state index in [4.69, 9.17) is 5.73 Å². The van der Waals surface area contributed by atoms with Crippen LogP contribution in [0.3, 0.4) is 0 Å². The number of non-ortho nitro benzene ring substituents is 1. The second kappa shape index (κ2) is 5.93. The number of nitrogen functional groups attached to an aromatic ring is 1. The fraction of sp³-hybridized carbons (Fsp3) is 0. The van der Waals surface area contributed by atoms with E-state index in [2.05, 4.69) is 4.98 Å². The Balaban J connectivity index is 1.98. The monoisotopic (exact) mass is 357 g/mol. The topological polar surface area (TPSA) is 127 Å². The first-order valence-corrected chi connectivity index (χ1v) is 7.90. The molecular weight excluding hydrogens is 346 g/mol. The van der Waals surface area contributed by atoms with Crippen LogP contribution in [0.15, 0.2) is 54.6 Å². The number of para-hydroxylation sites is 2. The van der Waals surface area contributed by atoms with Crippen molar-refractivity contribution < 1.29 is 9.72 Å². The Hall–Kier alpha value is -4.25. The predicted molar refractivity (Wildman–Crippen MR) is 98.4 cm³/mol. The number of hydrogen-bond donors (Lipinski definition) is 1. The van der Waals surface area contributed by atoms with Gasteiger partial charge in [0.05, 0.1) is 27.1 Å². The molecule has 2 aromatic carbocycles. The summed E-state index contributed by atoms with van der Waals surface area (Å²) in [5.41, 5.74) is 8.25. The minimum Gasteiger partial charge on any atom is -0.384 e. The number of imidazole rings is 1. The zero-order valence-electron chi connectivity index (χ0n) is 13.8. The molecule has 4 aromatic rings. The van der Waals surface area contributed by atoms with E-state index in [1.165, 1.54) is 30.3 Å². The van der Waals surface area contributed by atoms with E-state index in [0.29, 0.717) is 16.7 Å². The second-order valence-corrected chi connectivity index (χ2v) is 5.86. The summed E-state index contributed by atoms with van der Waals surface area (Å²) in [6.07, 6.45) is 0. The third kappa shape index (κ3) is 2.46. The lowest BCUT2D eigenvalue weighted by Crippen LogP contribution is -2.09. The number of carbonyl (C=O) groups excluding carboxylic acids is 1. The van der Waals surface area contributed by atoms with Gasteiger partial charge in [-0.25, -0.2) is 4.98 Å². The standard InChI is InChI=1S/C19H11N5O3/c20-10-12-9-14(17(25)11-5-7-13(8-6-11)24(26)27)19-22-15-3-1-2-4-16(15)23(19)18(12)21/h1-9H,21H2. The van der Waals surface area contributed by atoms with E-state index in [9.17, 15) is 20.2 Å². The van der Waals surface area contributed by atoms with Gasteiger partial charge in [-0.05, 0) is 30.3 Å². The molecule has 0 radical (unpaired) electrons. The number of nitrogens with two attached hydrogens (primary N) is 1. The lowest BCUT2D eigenvalue weighted by molar-refractivity contribution is -0.384. The second-order valence-electron chi connectivity index (χ2n) is 5.86. The molecule has 0 fully saturated rings. The molecule has 0 saturated heterocycles. The Morgan fingerprint density at radius 2 is 1.89 bits per heavy atom. The molecule has 2 aromatic heterocycles. The third-order valence-electron chi connectivity index (χ3n) is 4.31. The van der Waals surface area contributed by atoms with Crippen molar-refractivity contribution in [2.75, 3.05) is 5.73 Å². The number of hydrogen-bond acceptors (Lipinski definition) is 6. The first-order valence-electron chi connectivity index (χ1n) is 7.90. The maximum atomic E-state index is 13.0. The minimum absolute atomic E-state index is 0.113. The van der Waals surface area contributed by atoms with E-state index in [1.54, 1.807) is 16.5 Å². The van der Waals surface area contributed by atoms with Gasteiger partial charge in [-0.15, -0.1) is 0 Å². The molecule has 4 rings (SSSR count). The Morgan fingerprint density at radius 3 is 2.56 bits per heavy atom. The van der Waals surface area contributed by atoms with Crippen LogP contribution in [-0.2, 0) is 0 Å². The maximum Gasteiger partial charge on any atom is 0.269 e. The summed E-state index contributed by atoms with van der Waals surface area (Å²) in [5, 5.41) is 20.2. The Kier molecular flexibility index (Phi) is 3.56. The Bertz CT molecular complexity index is 1280. The summed E-state index contributed by atoms with van der Waals surface area (Å²) >= 11 is 0. The number of rotatable bonds is 3. The highest BCUT2D eigenvalue weighted by atomic mass is 16.6. The Morgan fingerprint density at radius 1 is 1.19 bits per heavy atom. The molecule has 0 saturated carbocycles. The zero-order valence-corrected chi connectivity index (χ0v) is 13.8. The van der Waals surface area contributed by atoms with E-state index in [0.717, 1.165) is 0 Å². The molecule has 0 atom stereocenters. The molecule has 130 valence electrons. The summed E-state index contributed by atoms with van der Waals surface area (Å²) in [7, 11) is 0. The van der Waals surface area contributed by atoms with Gasteiger partial charge in [-0.3, -0.25) is 19.3 Å². The number of nitrogens with zero attached hydrogens (tertiary/aromatic N) is 4. The van der Waals surface area contributed by atoms with Gasteiger partial charge in [0, 0.05) is 17.7 Å². The van der Waals surface area contributed by atoms with Gasteiger partial charge in [0.25, 0.3) is 5.69 Å². The van der Waals surface area contributed by atoms with Crippen LogP contribution < -0.4 is 5.73 Å². The lowest BCUT2D eigenvalue weighted by Gasteiger charge is -2.08. The first kappa shape index (κ1) is 16.2. The molecule has 8 heteroatoms. The number of fused-ring (bicyclic) bond motifs is 3. The van der Waals surface area contributed by atoms with Gasteiger partial charge < -0.3 is 5.73 Å². The van der Waals surface area contributed by atoms with E-state index in [1.807, 2.05) is 18.2 Å². The highest BCUT2D eigenvalue weighted by molar-refractivity contribution is 6.14. The van der Waals surface area contributed by atoms with Crippen LogP contribution in [0.25, 0.3) is 16.7 Å². The molecule has 8 nitrogen and oxygen atoms in total. The van der Waals surface area contributed by atoms with Gasteiger partial charge in [0.2, 0.25) is 0 Å². The predicted octanol–water partition coefficient (Wildman–Crippen LogP) is 3.08. The number of carbonyl (C=O) groups is 1. The van der Waals surface area contributed by atoms with Gasteiger partial charge in [0.1, 0.15) is 11.9 Å². The van der Waals surface area contributed by atoms with Crippen LogP contribution in [-0.4, -0.2) is 20.1 Å². The SMILES string of the molecule is N#Cc1cc(C(=O)c2ccc([N+](=O)[O-])cc2)c2nc3ccccc3n2c1N. The molecule has 0 spiro atoms. The third-order valence-corrected chi connectivity index (χ3v) is 4.31. The average Bonchev–Trinajstić information content (AvgIpc) is 3.08. The molecule has 0 amide bonds. The van der Waals surface area contributed by atoms with Crippen molar-refractivity contribution >= 4 is 34.0 Å². The quantitative estimate of drug-likeness (QED) is 0.341. The maximum absolute atomic E-state index is 13.0. The van der Waals surface area contributed by atoms with Crippen molar-refractivity contribution in [1.29, 1.82) is 5.26 Å². The van der Waals surface area contributed by atoms with Gasteiger partial charge in [0.15, 0.2) is 11.4 Å². The first-order chi connectivity index (χ1) is 13.0. The summed E-state index contributed by atoms with van der Waals surface area (Å²) in [6, 6.07) is 15.9. The molecule has 2 heterocycles. The average molecular weight is 357 g/mol. The van der Waals surface area contributed by atoms with Crippen LogP contribution >= 0.6 is 0 Å². The Labute approximate surface area is 152 Å². The van der Waals surface area contributed by atoms with Gasteiger partial charge in [-0.1, -0.05) is 12.1 Å². The molecular formula is C19H11N5O3. The number of nitriles is 1. The molecule has 0 aliphatic heterocycles.